The lowest BCUT2D eigenvalue weighted by molar-refractivity contribution is 0.599. The maximum absolute atomic E-state index is 14.1. The minimum absolute atomic E-state index is 0.0552. The molecule has 0 aliphatic rings. The van der Waals surface area contributed by atoms with Crippen molar-refractivity contribution >= 4 is 43.5 Å². The van der Waals surface area contributed by atoms with Gasteiger partial charge in [-0.25, -0.2) is 4.39 Å². The first kappa shape index (κ1) is 15.0. The van der Waals surface area contributed by atoms with Gasteiger partial charge >= 0.3 is 0 Å². The molecule has 0 fully saturated rings. The molecule has 1 nitrogen and oxygen atoms in total. The van der Waals surface area contributed by atoms with Gasteiger partial charge in [0.15, 0.2) is 0 Å². The van der Waals surface area contributed by atoms with E-state index in [1.165, 1.54) is 0 Å². The molecule has 2 aromatic rings. The Labute approximate surface area is 133 Å². The summed E-state index contributed by atoms with van der Waals surface area (Å²) in [4.78, 5) is 0. The number of hydrogen-bond donors (Lipinski definition) is 1. The van der Waals surface area contributed by atoms with Crippen molar-refractivity contribution in [1.82, 2.24) is 0 Å². The topological polar surface area (TPSA) is 26.0 Å². The molecule has 2 rings (SSSR count). The SMILES string of the molecule is Cc1cc(Br)cc(C(N)c2ccc(Br)c(Cl)c2F)c1. The molecule has 0 aliphatic heterocycles. The van der Waals surface area contributed by atoms with Crippen molar-refractivity contribution in [3.05, 3.63) is 66.8 Å². The Morgan fingerprint density at radius 3 is 2.53 bits per heavy atom. The van der Waals surface area contributed by atoms with Crippen LogP contribution in [0.1, 0.15) is 22.7 Å². The number of rotatable bonds is 2. The van der Waals surface area contributed by atoms with E-state index in [0.717, 1.165) is 15.6 Å². The fourth-order valence-electron chi connectivity index (χ4n) is 1.90. The van der Waals surface area contributed by atoms with E-state index in [-0.39, 0.29) is 5.02 Å². The van der Waals surface area contributed by atoms with Crippen molar-refractivity contribution in [3.8, 4) is 0 Å². The summed E-state index contributed by atoms with van der Waals surface area (Å²) >= 11 is 12.5. The van der Waals surface area contributed by atoms with Crippen LogP contribution in [0.25, 0.3) is 0 Å². The lowest BCUT2D eigenvalue weighted by Crippen LogP contribution is -2.14. The fourth-order valence-corrected chi connectivity index (χ4v) is 3.01. The Morgan fingerprint density at radius 2 is 1.89 bits per heavy atom. The molecule has 0 saturated carbocycles. The highest BCUT2D eigenvalue weighted by Crippen LogP contribution is 2.32. The molecule has 1 atom stereocenters. The predicted molar refractivity (Wildman–Crippen MR) is 84.0 cm³/mol. The van der Waals surface area contributed by atoms with Crippen molar-refractivity contribution in [1.29, 1.82) is 0 Å². The van der Waals surface area contributed by atoms with Gasteiger partial charge in [-0.05, 0) is 52.2 Å². The van der Waals surface area contributed by atoms with E-state index in [0.29, 0.717) is 10.0 Å². The van der Waals surface area contributed by atoms with Gasteiger partial charge in [0.2, 0.25) is 0 Å². The Kier molecular flexibility index (Phi) is 4.66. The molecule has 0 heterocycles. The third-order valence-electron chi connectivity index (χ3n) is 2.82. The van der Waals surface area contributed by atoms with E-state index in [2.05, 4.69) is 31.9 Å². The average molecular weight is 408 g/mol. The third-order valence-corrected chi connectivity index (χ3v) is 4.54. The van der Waals surface area contributed by atoms with Crippen LogP contribution in [-0.2, 0) is 0 Å². The van der Waals surface area contributed by atoms with Crippen molar-refractivity contribution in [2.24, 2.45) is 5.73 Å². The molecule has 0 aliphatic carbocycles. The van der Waals surface area contributed by atoms with Crippen LogP contribution >= 0.6 is 43.5 Å². The molecule has 2 N–H and O–H groups in total. The maximum Gasteiger partial charge on any atom is 0.148 e. The van der Waals surface area contributed by atoms with Gasteiger partial charge in [-0.3, -0.25) is 0 Å². The van der Waals surface area contributed by atoms with Gasteiger partial charge in [-0.2, -0.15) is 0 Å². The second-order valence-electron chi connectivity index (χ2n) is 4.30. The molecule has 2 aromatic carbocycles. The minimum Gasteiger partial charge on any atom is -0.320 e. The molecule has 0 bridgehead atoms. The largest absolute Gasteiger partial charge is 0.320 e. The van der Waals surface area contributed by atoms with Gasteiger partial charge in [0.05, 0.1) is 11.1 Å². The third kappa shape index (κ3) is 3.19. The second-order valence-corrected chi connectivity index (χ2v) is 6.45. The van der Waals surface area contributed by atoms with Crippen molar-refractivity contribution < 1.29 is 4.39 Å². The minimum atomic E-state index is -0.554. The molecule has 19 heavy (non-hydrogen) atoms. The molecule has 0 saturated heterocycles. The van der Waals surface area contributed by atoms with Crippen LogP contribution < -0.4 is 5.73 Å². The zero-order valence-corrected chi connectivity index (χ0v) is 14.0. The fraction of sp³-hybridized carbons (Fsp3) is 0.143. The van der Waals surface area contributed by atoms with Crippen molar-refractivity contribution in [3.63, 3.8) is 0 Å². The molecular weight excluding hydrogens is 396 g/mol. The van der Waals surface area contributed by atoms with Crippen molar-refractivity contribution in [2.75, 3.05) is 0 Å². The van der Waals surface area contributed by atoms with E-state index in [1.807, 2.05) is 25.1 Å². The van der Waals surface area contributed by atoms with Crippen LogP contribution in [-0.4, -0.2) is 0 Å². The monoisotopic (exact) mass is 405 g/mol. The Bertz CT molecular complexity index is 611. The molecule has 0 radical (unpaired) electrons. The molecule has 5 heteroatoms. The smallest absolute Gasteiger partial charge is 0.148 e. The van der Waals surface area contributed by atoms with Crippen LogP contribution in [0.15, 0.2) is 39.3 Å². The van der Waals surface area contributed by atoms with E-state index in [4.69, 9.17) is 17.3 Å². The van der Waals surface area contributed by atoms with Crippen LogP contribution in [0.2, 0.25) is 5.02 Å². The summed E-state index contributed by atoms with van der Waals surface area (Å²) in [6.45, 7) is 1.96. The summed E-state index contributed by atoms with van der Waals surface area (Å²) in [7, 11) is 0. The maximum atomic E-state index is 14.1. The summed E-state index contributed by atoms with van der Waals surface area (Å²) in [5.74, 6) is -0.485. The van der Waals surface area contributed by atoms with E-state index >= 15 is 0 Å². The van der Waals surface area contributed by atoms with E-state index < -0.39 is 11.9 Å². The zero-order valence-electron chi connectivity index (χ0n) is 10.1. The molecular formula is C14H11Br2ClFN. The quantitative estimate of drug-likeness (QED) is 0.667. The lowest BCUT2D eigenvalue weighted by Gasteiger charge is -2.16. The number of aryl methyl sites for hydroxylation is 1. The Morgan fingerprint density at radius 1 is 1.21 bits per heavy atom. The Hall–Kier alpha value is -0.420. The molecule has 0 amide bonds. The Balaban J connectivity index is 2.50. The molecule has 0 spiro atoms. The number of benzene rings is 2. The highest BCUT2D eigenvalue weighted by atomic mass is 79.9. The van der Waals surface area contributed by atoms with Gasteiger partial charge in [0, 0.05) is 14.5 Å². The highest BCUT2D eigenvalue weighted by molar-refractivity contribution is 9.10. The van der Waals surface area contributed by atoms with Crippen LogP contribution in [0.5, 0.6) is 0 Å². The lowest BCUT2D eigenvalue weighted by atomic mass is 9.98. The van der Waals surface area contributed by atoms with E-state index in [1.54, 1.807) is 12.1 Å². The number of halogens is 4. The summed E-state index contributed by atoms with van der Waals surface area (Å²) < 4.78 is 15.6. The summed E-state index contributed by atoms with van der Waals surface area (Å²) in [5, 5.41) is 0.0552. The molecule has 1 unspecified atom stereocenters. The second kappa shape index (κ2) is 5.92. The van der Waals surface area contributed by atoms with Crippen LogP contribution in [0.4, 0.5) is 4.39 Å². The van der Waals surface area contributed by atoms with Crippen molar-refractivity contribution in [2.45, 2.75) is 13.0 Å². The van der Waals surface area contributed by atoms with Gasteiger partial charge < -0.3 is 5.73 Å². The first-order valence-electron chi connectivity index (χ1n) is 5.56. The standard InChI is InChI=1S/C14H11Br2ClFN/c1-7-4-8(6-9(15)5-7)14(19)10-2-3-11(16)12(17)13(10)18/h2-6,14H,19H2,1H3. The number of hydrogen-bond acceptors (Lipinski definition) is 1. The summed E-state index contributed by atoms with van der Waals surface area (Å²) in [5.41, 5.74) is 8.42. The summed E-state index contributed by atoms with van der Waals surface area (Å²) in [6, 6.07) is 8.58. The van der Waals surface area contributed by atoms with E-state index in [9.17, 15) is 4.39 Å². The zero-order chi connectivity index (χ0) is 14.2. The van der Waals surface area contributed by atoms with Gasteiger partial charge in [0.1, 0.15) is 5.82 Å². The highest BCUT2D eigenvalue weighted by Gasteiger charge is 2.18. The van der Waals surface area contributed by atoms with Gasteiger partial charge in [0.25, 0.3) is 0 Å². The average Bonchev–Trinajstić information content (AvgIpc) is 2.34. The normalized spacial score (nSPS) is 12.5. The van der Waals surface area contributed by atoms with Gasteiger partial charge in [-0.1, -0.05) is 39.7 Å². The summed E-state index contributed by atoms with van der Waals surface area (Å²) in [6.07, 6.45) is 0. The number of nitrogens with two attached hydrogens (primary N) is 1. The first-order chi connectivity index (χ1) is 8.90. The predicted octanol–water partition coefficient (Wildman–Crippen LogP) is 5.36. The van der Waals surface area contributed by atoms with Gasteiger partial charge in [-0.15, -0.1) is 0 Å². The molecule has 0 aromatic heterocycles. The van der Waals surface area contributed by atoms with Crippen LogP contribution in [0.3, 0.4) is 0 Å². The first-order valence-corrected chi connectivity index (χ1v) is 7.52. The molecule has 100 valence electrons. The van der Waals surface area contributed by atoms with Crippen LogP contribution in [0, 0.1) is 12.7 Å².